The molecule has 0 bridgehead atoms. The molecule has 0 atom stereocenters. The fourth-order valence-corrected chi connectivity index (χ4v) is 2.02. The summed E-state index contributed by atoms with van der Waals surface area (Å²) in [6, 6.07) is 16.0. The first-order chi connectivity index (χ1) is 10.7. The minimum absolute atomic E-state index is 0.152. The van der Waals surface area contributed by atoms with Crippen molar-refractivity contribution in [3.8, 4) is 23.2 Å². The maximum atomic E-state index is 8.73. The smallest absolute Gasteiger partial charge is 0.264 e. The van der Waals surface area contributed by atoms with Crippen LogP contribution in [0, 0.1) is 11.3 Å². The SMILES string of the molecule is N#Cc1ccc(OCc2nc(-c3cccc(Cl)c3)no2)cc1. The molecule has 0 unspecified atom stereocenters. The summed E-state index contributed by atoms with van der Waals surface area (Å²) in [5, 5.41) is 13.2. The lowest BCUT2D eigenvalue weighted by Crippen LogP contribution is -1.95. The topological polar surface area (TPSA) is 71.9 Å². The zero-order chi connectivity index (χ0) is 15.4. The molecule has 2 aromatic carbocycles. The van der Waals surface area contributed by atoms with E-state index in [1.54, 1.807) is 36.4 Å². The van der Waals surface area contributed by atoms with Crippen molar-refractivity contribution in [3.63, 3.8) is 0 Å². The van der Waals surface area contributed by atoms with E-state index in [-0.39, 0.29) is 6.61 Å². The van der Waals surface area contributed by atoms with Crippen LogP contribution in [0.25, 0.3) is 11.4 Å². The predicted molar refractivity (Wildman–Crippen MR) is 80.2 cm³/mol. The molecule has 5 nitrogen and oxygen atoms in total. The van der Waals surface area contributed by atoms with E-state index >= 15 is 0 Å². The van der Waals surface area contributed by atoms with Crippen LogP contribution in [0.2, 0.25) is 5.02 Å². The van der Waals surface area contributed by atoms with Gasteiger partial charge in [0.2, 0.25) is 5.82 Å². The number of rotatable bonds is 4. The Kier molecular flexibility index (Phi) is 4.03. The zero-order valence-corrected chi connectivity index (χ0v) is 12.1. The van der Waals surface area contributed by atoms with E-state index in [1.807, 2.05) is 18.2 Å². The highest BCUT2D eigenvalue weighted by Crippen LogP contribution is 2.20. The van der Waals surface area contributed by atoms with E-state index in [0.717, 1.165) is 5.56 Å². The van der Waals surface area contributed by atoms with Crippen molar-refractivity contribution in [1.29, 1.82) is 5.26 Å². The van der Waals surface area contributed by atoms with Crippen LogP contribution in [0.4, 0.5) is 0 Å². The number of hydrogen-bond acceptors (Lipinski definition) is 5. The van der Waals surface area contributed by atoms with Crippen molar-refractivity contribution < 1.29 is 9.26 Å². The minimum atomic E-state index is 0.152. The first-order valence-corrected chi connectivity index (χ1v) is 6.84. The molecule has 6 heteroatoms. The molecule has 1 aromatic heterocycles. The lowest BCUT2D eigenvalue weighted by atomic mass is 10.2. The van der Waals surface area contributed by atoms with Crippen molar-refractivity contribution in [2.24, 2.45) is 0 Å². The number of benzene rings is 2. The van der Waals surface area contributed by atoms with Crippen molar-refractivity contribution in [3.05, 3.63) is 65.0 Å². The van der Waals surface area contributed by atoms with Gasteiger partial charge in [-0.25, -0.2) is 0 Å². The van der Waals surface area contributed by atoms with Crippen LogP contribution >= 0.6 is 11.6 Å². The van der Waals surface area contributed by atoms with Crippen LogP contribution in [0.5, 0.6) is 5.75 Å². The largest absolute Gasteiger partial charge is 0.484 e. The first-order valence-electron chi connectivity index (χ1n) is 6.46. The van der Waals surface area contributed by atoms with Crippen molar-refractivity contribution in [2.45, 2.75) is 6.61 Å². The third-order valence-corrected chi connectivity index (χ3v) is 3.13. The Bertz CT molecular complexity index is 822. The predicted octanol–water partition coefficient (Wildman–Crippen LogP) is 3.84. The van der Waals surface area contributed by atoms with Crippen molar-refractivity contribution in [2.75, 3.05) is 0 Å². The maximum absolute atomic E-state index is 8.73. The van der Waals surface area contributed by atoms with E-state index < -0.39 is 0 Å². The number of ether oxygens (including phenoxy) is 1. The molecular formula is C16H10ClN3O2. The molecule has 3 aromatic rings. The fraction of sp³-hybridized carbons (Fsp3) is 0.0625. The standard InChI is InChI=1S/C16H10ClN3O2/c17-13-3-1-2-12(8-13)16-19-15(22-20-16)10-21-14-6-4-11(9-18)5-7-14/h1-8H,10H2. The third-order valence-electron chi connectivity index (χ3n) is 2.90. The highest BCUT2D eigenvalue weighted by Gasteiger charge is 2.09. The van der Waals surface area contributed by atoms with Gasteiger partial charge in [0.15, 0.2) is 6.61 Å². The average molecular weight is 312 g/mol. The average Bonchev–Trinajstić information content (AvgIpc) is 3.02. The molecule has 0 amide bonds. The van der Waals surface area contributed by atoms with E-state index in [1.165, 1.54) is 0 Å². The summed E-state index contributed by atoms with van der Waals surface area (Å²) < 4.78 is 10.7. The Morgan fingerprint density at radius 1 is 1.18 bits per heavy atom. The normalized spacial score (nSPS) is 10.2. The molecule has 0 spiro atoms. The summed E-state index contributed by atoms with van der Waals surface area (Å²) in [6.45, 7) is 0.152. The Labute approximate surface area is 131 Å². The molecule has 0 fully saturated rings. The van der Waals surface area contributed by atoms with Gasteiger partial charge in [-0.3, -0.25) is 0 Å². The Morgan fingerprint density at radius 2 is 2.00 bits per heavy atom. The summed E-state index contributed by atoms with van der Waals surface area (Å²) in [4.78, 5) is 4.26. The van der Waals surface area contributed by atoms with Gasteiger partial charge in [0.05, 0.1) is 11.6 Å². The Hall–Kier alpha value is -2.84. The number of nitrogens with zero attached hydrogens (tertiary/aromatic N) is 3. The molecule has 3 rings (SSSR count). The summed E-state index contributed by atoms with van der Waals surface area (Å²) >= 11 is 5.93. The highest BCUT2D eigenvalue weighted by atomic mass is 35.5. The van der Waals surface area contributed by atoms with Gasteiger partial charge >= 0.3 is 0 Å². The lowest BCUT2D eigenvalue weighted by Gasteiger charge is -2.02. The zero-order valence-electron chi connectivity index (χ0n) is 11.4. The van der Waals surface area contributed by atoms with Gasteiger partial charge in [-0.1, -0.05) is 28.9 Å². The molecule has 0 saturated carbocycles. The molecule has 0 saturated heterocycles. The summed E-state index contributed by atoms with van der Waals surface area (Å²) in [6.07, 6.45) is 0. The maximum Gasteiger partial charge on any atom is 0.264 e. The van der Waals surface area contributed by atoms with Crippen LogP contribution in [0.15, 0.2) is 53.1 Å². The van der Waals surface area contributed by atoms with Crippen LogP contribution < -0.4 is 4.74 Å². The quantitative estimate of drug-likeness (QED) is 0.732. The molecule has 0 radical (unpaired) electrons. The van der Waals surface area contributed by atoms with Gasteiger partial charge in [0.1, 0.15) is 5.75 Å². The second-order valence-corrected chi connectivity index (χ2v) is 4.88. The van der Waals surface area contributed by atoms with E-state index in [9.17, 15) is 0 Å². The first kappa shape index (κ1) is 14.1. The number of nitriles is 1. The van der Waals surface area contributed by atoms with Gasteiger partial charge in [-0.05, 0) is 36.4 Å². The van der Waals surface area contributed by atoms with Gasteiger partial charge in [-0.2, -0.15) is 10.2 Å². The molecular weight excluding hydrogens is 302 g/mol. The van der Waals surface area contributed by atoms with Crippen molar-refractivity contribution in [1.82, 2.24) is 10.1 Å². The Balaban J connectivity index is 1.68. The van der Waals surface area contributed by atoms with E-state index in [4.69, 9.17) is 26.1 Å². The van der Waals surface area contributed by atoms with E-state index in [2.05, 4.69) is 10.1 Å². The number of aromatic nitrogens is 2. The van der Waals surface area contributed by atoms with Gasteiger partial charge < -0.3 is 9.26 Å². The molecule has 0 aliphatic carbocycles. The monoisotopic (exact) mass is 311 g/mol. The molecule has 22 heavy (non-hydrogen) atoms. The number of hydrogen-bond donors (Lipinski definition) is 0. The second kappa shape index (κ2) is 6.29. The van der Waals surface area contributed by atoms with E-state index in [0.29, 0.717) is 28.1 Å². The fourth-order valence-electron chi connectivity index (χ4n) is 1.83. The molecule has 0 aliphatic rings. The third kappa shape index (κ3) is 3.25. The highest BCUT2D eigenvalue weighted by molar-refractivity contribution is 6.30. The minimum Gasteiger partial charge on any atom is -0.484 e. The number of halogens is 1. The van der Waals surface area contributed by atoms with Crippen LogP contribution in [-0.4, -0.2) is 10.1 Å². The van der Waals surface area contributed by atoms with Crippen LogP contribution in [0.3, 0.4) is 0 Å². The summed E-state index contributed by atoms with van der Waals surface area (Å²) in [5.41, 5.74) is 1.36. The Morgan fingerprint density at radius 3 is 2.73 bits per heavy atom. The van der Waals surface area contributed by atoms with Gasteiger partial charge in [-0.15, -0.1) is 0 Å². The molecule has 108 valence electrons. The molecule has 0 N–H and O–H groups in total. The van der Waals surface area contributed by atoms with Crippen molar-refractivity contribution >= 4 is 11.6 Å². The molecule has 1 heterocycles. The molecule has 0 aliphatic heterocycles. The lowest BCUT2D eigenvalue weighted by molar-refractivity contribution is 0.243. The van der Waals surface area contributed by atoms with Gasteiger partial charge in [0, 0.05) is 10.6 Å². The van der Waals surface area contributed by atoms with Gasteiger partial charge in [0.25, 0.3) is 5.89 Å². The van der Waals surface area contributed by atoms with Crippen LogP contribution in [-0.2, 0) is 6.61 Å². The second-order valence-electron chi connectivity index (χ2n) is 4.45. The van der Waals surface area contributed by atoms with Crippen LogP contribution in [0.1, 0.15) is 11.5 Å². The summed E-state index contributed by atoms with van der Waals surface area (Å²) in [5.74, 6) is 1.45. The summed E-state index contributed by atoms with van der Waals surface area (Å²) in [7, 11) is 0.